The molecule has 7 nitrogen and oxygen atoms in total. The third-order valence-electron chi connectivity index (χ3n) is 4.32. The van der Waals surface area contributed by atoms with E-state index in [2.05, 4.69) is 5.43 Å². The van der Waals surface area contributed by atoms with E-state index in [1.807, 2.05) is 30.3 Å². The number of nitrogens with one attached hydrogen (secondary N) is 1. The number of rotatable bonds is 8. The summed E-state index contributed by atoms with van der Waals surface area (Å²) in [6, 6.07) is 15.9. The van der Waals surface area contributed by atoms with Crippen molar-refractivity contribution in [3.8, 4) is 5.75 Å². The molecule has 0 spiro atoms. The van der Waals surface area contributed by atoms with Gasteiger partial charge in [0.1, 0.15) is 5.75 Å². The summed E-state index contributed by atoms with van der Waals surface area (Å²) in [5, 5.41) is 10.2. The maximum atomic E-state index is 12.7. The SMILES string of the molecule is CCC(Oc1cccc(/C=C2/SC(=S)N(NC(=O)Cc3ccccc3)C2=O)c1)C(=O)O. The molecule has 2 amide bonds. The number of carboxylic acid groups (broad SMARTS) is 1. The number of carbonyl (C=O) groups excluding carboxylic acids is 2. The Kier molecular flexibility index (Phi) is 7.43. The lowest BCUT2D eigenvalue weighted by atomic mass is 10.1. The van der Waals surface area contributed by atoms with Crippen LogP contribution in [0, 0.1) is 0 Å². The van der Waals surface area contributed by atoms with E-state index < -0.39 is 18.0 Å². The number of hydrogen-bond acceptors (Lipinski definition) is 6. The second-order valence-corrected chi connectivity index (χ2v) is 8.32. The fourth-order valence-electron chi connectivity index (χ4n) is 2.81. The maximum Gasteiger partial charge on any atom is 0.344 e. The molecule has 1 heterocycles. The number of hydrazine groups is 1. The molecule has 0 aliphatic carbocycles. The first kappa shape index (κ1) is 22.5. The molecule has 0 radical (unpaired) electrons. The molecule has 1 unspecified atom stereocenters. The van der Waals surface area contributed by atoms with Crippen molar-refractivity contribution in [2.75, 3.05) is 0 Å². The van der Waals surface area contributed by atoms with Gasteiger partial charge in [0.05, 0.1) is 11.3 Å². The third-order valence-corrected chi connectivity index (χ3v) is 5.62. The van der Waals surface area contributed by atoms with Crippen molar-refractivity contribution in [2.45, 2.75) is 25.9 Å². The van der Waals surface area contributed by atoms with Crippen LogP contribution in [0.5, 0.6) is 5.75 Å². The number of thiocarbonyl (C=S) groups is 1. The largest absolute Gasteiger partial charge is 0.479 e. The summed E-state index contributed by atoms with van der Waals surface area (Å²) in [6.07, 6.45) is 1.12. The van der Waals surface area contributed by atoms with Crippen LogP contribution >= 0.6 is 24.0 Å². The van der Waals surface area contributed by atoms with Gasteiger partial charge in [-0.25, -0.2) is 4.79 Å². The minimum absolute atomic E-state index is 0.124. The lowest BCUT2D eigenvalue weighted by Crippen LogP contribution is -2.45. The highest BCUT2D eigenvalue weighted by Crippen LogP contribution is 2.32. The van der Waals surface area contributed by atoms with Crippen LogP contribution in [0.1, 0.15) is 24.5 Å². The summed E-state index contributed by atoms with van der Waals surface area (Å²) in [5.74, 6) is -1.44. The first-order valence-corrected chi connectivity index (χ1v) is 10.7. The van der Waals surface area contributed by atoms with Gasteiger partial charge >= 0.3 is 5.97 Å². The van der Waals surface area contributed by atoms with E-state index in [0.717, 1.165) is 22.3 Å². The predicted octanol–water partition coefficient (Wildman–Crippen LogP) is 3.40. The summed E-state index contributed by atoms with van der Waals surface area (Å²) in [4.78, 5) is 36.5. The number of ether oxygens (including phenoxy) is 1. The van der Waals surface area contributed by atoms with Crippen molar-refractivity contribution >= 4 is 52.2 Å². The van der Waals surface area contributed by atoms with Gasteiger partial charge in [0.25, 0.3) is 5.91 Å². The van der Waals surface area contributed by atoms with Crippen LogP contribution in [-0.4, -0.2) is 38.3 Å². The van der Waals surface area contributed by atoms with Gasteiger partial charge in [-0.15, -0.1) is 0 Å². The minimum atomic E-state index is -1.04. The summed E-state index contributed by atoms with van der Waals surface area (Å²) < 4.78 is 5.72. The highest BCUT2D eigenvalue weighted by Gasteiger charge is 2.33. The lowest BCUT2D eigenvalue weighted by molar-refractivity contribution is -0.145. The molecule has 2 aromatic rings. The van der Waals surface area contributed by atoms with E-state index in [4.69, 9.17) is 22.1 Å². The van der Waals surface area contributed by atoms with Gasteiger partial charge in [-0.2, -0.15) is 5.01 Å². The van der Waals surface area contributed by atoms with Crippen LogP contribution < -0.4 is 10.2 Å². The Bertz CT molecular complexity index is 1040. The Balaban J connectivity index is 1.69. The van der Waals surface area contributed by atoms with Gasteiger partial charge in [-0.3, -0.25) is 15.0 Å². The number of thioether (sulfide) groups is 1. The molecular weight excluding hydrogens is 436 g/mol. The topological polar surface area (TPSA) is 95.9 Å². The van der Waals surface area contributed by atoms with E-state index in [0.29, 0.717) is 22.6 Å². The fourth-order valence-corrected chi connectivity index (χ4v) is 3.99. The maximum absolute atomic E-state index is 12.7. The fraction of sp³-hybridized carbons (Fsp3) is 0.182. The molecule has 1 fully saturated rings. The molecule has 0 bridgehead atoms. The zero-order valence-corrected chi connectivity index (χ0v) is 18.2. The zero-order valence-electron chi connectivity index (χ0n) is 16.6. The van der Waals surface area contributed by atoms with E-state index in [-0.39, 0.29) is 16.6 Å². The standard InChI is InChI=1S/C22H20N2O5S2/c1-2-17(21(27)28)29-16-10-6-9-15(11-16)12-18-20(26)24(22(30)31-18)23-19(25)13-14-7-4-3-5-8-14/h3-12,17H,2,13H2,1H3,(H,23,25)(H,27,28)/b18-12+. The van der Waals surface area contributed by atoms with Crippen molar-refractivity contribution in [1.29, 1.82) is 0 Å². The highest BCUT2D eigenvalue weighted by atomic mass is 32.2. The average molecular weight is 457 g/mol. The Morgan fingerprint density at radius 3 is 2.65 bits per heavy atom. The van der Waals surface area contributed by atoms with Gasteiger partial charge in [0, 0.05) is 0 Å². The zero-order chi connectivity index (χ0) is 22.4. The van der Waals surface area contributed by atoms with Crippen molar-refractivity contribution in [2.24, 2.45) is 0 Å². The molecule has 2 N–H and O–H groups in total. The molecule has 1 aliphatic heterocycles. The Morgan fingerprint density at radius 1 is 1.23 bits per heavy atom. The molecule has 160 valence electrons. The normalized spacial score (nSPS) is 15.8. The number of hydrogen-bond donors (Lipinski definition) is 2. The molecular formula is C22H20N2O5S2. The van der Waals surface area contributed by atoms with Crippen molar-refractivity contribution in [3.05, 3.63) is 70.6 Å². The number of nitrogens with zero attached hydrogens (tertiary/aromatic N) is 1. The molecule has 3 rings (SSSR count). The molecule has 0 aromatic heterocycles. The summed E-state index contributed by atoms with van der Waals surface area (Å²) in [5.41, 5.74) is 4.02. The lowest BCUT2D eigenvalue weighted by Gasteiger charge is -2.15. The van der Waals surface area contributed by atoms with Gasteiger partial charge < -0.3 is 9.84 Å². The first-order chi connectivity index (χ1) is 14.9. The van der Waals surface area contributed by atoms with Crippen molar-refractivity contribution in [1.82, 2.24) is 10.4 Å². The molecule has 1 aliphatic rings. The molecule has 0 saturated carbocycles. The summed E-state index contributed by atoms with van der Waals surface area (Å²) in [6.45, 7) is 1.72. The summed E-state index contributed by atoms with van der Waals surface area (Å²) in [7, 11) is 0. The monoisotopic (exact) mass is 456 g/mol. The molecule has 1 saturated heterocycles. The first-order valence-electron chi connectivity index (χ1n) is 9.48. The van der Waals surface area contributed by atoms with E-state index in [1.54, 1.807) is 37.3 Å². The quantitative estimate of drug-likeness (QED) is 0.464. The van der Waals surface area contributed by atoms with Crippen LogP contribution in [0.25, 0.3) is 6.08 Å². The number of carbonyl (C=O) groups is 3. The number of amides is 2. The minimum Gasteiger partial charge on any atom is -0.479 e. The molecule has 1 atom stereocenters. The van der Waals surface area contributed by atoms with Gasteiger partial charge in [-0.05, 0) is 48.0 Å². The molecule has 9 heteroatoms. The predicted molar refractivity (Wildman–Crippen MR) is 122 cm³/mol. The smallest absolute Gasteiger partial charge is 0.344 e. The number of carboxylic acids is 1. The van der Waals surface area contributed by atoms with Crippen molar-refractivity contribution in [3.63, 3.8) is 0 Å². The van der Waals surface area contributed by atoms with E-state index in [1.165, 1.54) is 0 Å². The van der Waals surface area contributed by atoms with E-state index in [9.17, 15) is 14.4 Å². The van der Waals surface area contributed by atoms with Crippen LogP contribution in [0.3, 0.4) is 0 Å². The van der Waals surface area contributed by atoms with Crippen LogP contribution in [0.15, 0.2) is 59.5 Å². The van der Waals surface area contributed by atoms with Crippen LogP contribution in [0.4, 0.5) is 0 Å². The van der Waals surface area contributed by atoms with Gasteiger partial charge in [0.2, 0.25) is 5.91 Å². The Labute approximate surface area is 189 Å². The molecule has 2 aromatic carbocycles. The highest BCUT2D eigenvalue weighted by molar-refractivity contribution is 8.26. The number of aliphatic carboxylic acids is 1. The third kappa shape index (κ3) is 5.93. The second-order valence-electron chi connectivity index (χ2n) is 6.64. The van der Waals surface area contributed by atoms with Crippen LogP contribution in [0.2, 0.25) is 0 Å². The average Bonchev–Trinajstić information content (AvgIpc) is 3.00. The number of benzene rings is 2. The van der Waals surface area contributed by atoms with Gasteiger partial charge in [0.15, 0.2) is 10.4 Å². The molecule has 31 heavy (non-hydrogen) atoms. The van der Waals surface area contributed by atoms with Gasteiger partial charge in [-0.1, -0.05) is 61.2 Å². The second kappa shape index (κ2) is 10.2. The van der Waals surface area contributed by atoms with Crippen LogP contribution in [-0.2, 0) is 20.8 Å². The summed E-state index contributed by atoms with van der Waals surface area (Å²) >= 11 is 6.32. The van der Waals surface area contributed by atoms with E-state index >= 15 is 0 Å². The Hall–Kier alpha value is -3.17. The van der Waals surface area contributed by atoms with Crippen molar-refractivity contribution < 1.29 is 24.2 Å². The Morgan fingerprint density at radius 2 is 1.97 bits per heavy atom.